The largest absolute Gasteiger partial charge is 0.478 e. The van der Waals surface area contributed by atoms with Crippen LogP contribution in [0.2, 0.25) is 0 Å². The summed E-state index contributed by atoms with van der Waals surface area (Å²) < 4.78 is 11.4. The molecule has 110 valence electrons. The SMILES string of the molecule is CS(=O)CCCNC(=O)Nc1cc(C(=O)O)ccc1Br. The summed E-state index contributed by atoms with van der Waals surface area (Å²) in [5, 5.41) is 14.1. The Morgan fingerprint density at radius 1 is 1.40 bits per heavy atom. The molecule has 0 fully saturated rings. The Balaban J connectivity index is 2.55. The summed E-state index contributed by atoms with van der Waals surface area (Å²) in [7, 11) is -0.875. The molecule has 1 aromatic carbocycles. The molecule has 0 saturated heterocycles. The number of aromatic carboxylic acids is 1. The zero-order chi connectivity index (χ0) is 15.1. The number of hydrogen-bond donors (Lipinski definition) is 3. The summed E-state index contributed by atoms with van der Waals surface area (Å²) in [4.78, 5) is 22.5. The Bertz CT molecular complexity index is 536. The van der Waals surface area contributed by atoms with E-state index in [1.54, 1.807) is 12.3 Å². The fourth-order valence-corrected chi connectivity index (χ4v) is 2.29. The van der Waals surface area contributed by atoms with Crippen LogP contribution in [0.4, 0.5) is 10.5 Å². The van der Waals surface area contributed by atoms with Gasteiger partial charge in [0, 0.05) is 33.8 Å². The van der Waals surface area contributed by atoms with Crippen molar-refractivity contribution in [1.82, 2.24) is 5.32 Å². The monoisotopic (exact) mass is 362 g/mol. The van der Waals surface area contributed by atoms with Gasteiger partial charge < -0.3 is 15.7 Å². The molecule has 3 N–H and O–H groups in total. The lowest BCUT2D eigenvalue weighted by Crippen LogP contribution is -2.30. The van der Waals surface area contributed by atoms with E-state index in [1.807, 2.05) is 0 Å². The van der Waals surface area contributed by atoms with Crippen molar-refractivity contribution in [3.63, 3.8) is 0 Å². The average molecular weight is 363 g/mol. The summed E-state index contributed by atoms with van der Waals surface area (Å²) in [6.45, 7) is 0.404. The molecule has 0 aliphatic carbocycles. The molecule has 0 saturated carbocycles. The maximum Gasteiger partial charge on any atom is 0.335 e. The second-order valence-electron chi connectivity index (χ2n) is 4.01. The smallest absolute Gasteiger partial charge is 0.335 e. The normalized spacial score (nSPS) is 11.7. The van der Waals surface area contributed by atoms with Crippen molar-refractivity contribution in [3.8, 4) is 0 Å². The highest BCUT2D eigenvalue weighted by Crippen LogP contribution is 2.23. The Hall–Kier alpha value is -1.41. The minimum atomic E-state index is -1.06. The second-order valence-corrected chi connectivity index (χ2v) is 6.42. The first-order valence-corrected chi connectivity index (χ1v) is 8.30. The zero-order valence-corrected chi connectivity index (χ0v) is 13.2. The van der Waals surface area contributed by atoms with E-state index >= 15 is 0 Å². The summed E-state index contributed by atoms with van der Waals surface area (Å²) in [6, 6.07) is 3.92. The second kappa shape index (κ2) is 8.01. The number of rotatable bonds is 6. The third kappa shape index (κ3) is 5.70. The van der Waals surface area contributed by atoms with E-state index in [9.17, 15) is 13.8 Å². The molecule has 0 heterocycles. The van der Waals surface area contributed by atoms with Crippen LogP contribution in [0.1, 0.15) is 16.8 Å². The number of nitrogens with one attached hydrogen (secondary N) is 2. The molecule has 2 amide bonds. The van der Waals surface area contributed by atoms with Gasteiger partial charge in [0.2, 0.25) is 0 Å². The molecule has 0 spiro atoms. The fourth-order valence-electron chi connectivity index (χ4n) is 1.40. The number of carboxylic acid groups (broad SMARTS) is 1. The predicted molar refractivity (Wildman–Crippen MR) is 81.7 cm³/mol. The van der Waals surface area contributed by atoms with Gasteiger partial charge in [0.15, 0.2) is 0 Å². The van der Waals surface area contributed by atoms with Crippen molar-refractivity contribution in [2.24, 2.45) is 0 Å². The molecule has 1 atom stereocenters. The Kier molecular flexibility index (Phi) is 6.66. The molecule has 1 rings (SSSR count). The minimum Gasteiger partial charge on any atom is -0.478 e. The van der Waals surface area contributed by atoms with Gasteiger partial charge in [0.05, 0.1) is 11.3 Å². The first-order valence-electron chi connectivity index (χ1n) is 5.78. The van der Waals surface area contributed by atoms with Crippen LogP contribution < -0.4 is 10.6 Å². The predicted octanol–water partition coefficient (Wildman–Crippen LogP) is 2.04. The Morgan fingerprint density at radius 3 is 2.70 bits per heavy atom. The van der Waals surface area contributed by atoms with E-state index in [4.69, 9.17) is 5.11 Å². The van der Waals surface area contributed by atoms with Crippen molar-refractivity contribution in [3.05, 3.63) is 28.2 Å². The van der Waals surface area contributed by atoms with Gasteiger partial charge in [-0.25, -0.2) is 9.59 Å². The first-order chi connectivity index (χ1) is 9.40. The van der Waals surface area contributed by atoms with Crippen LogP contribution in [0.25, 0.3) is 0 Å². The standard InChI is InChI=1S/C12H15BrN2O4S/c1-20(19)6-2-5-14-12(18)15-10-7-8(11(16)17)3-4-9(10)13/h3-4,7H,2,5-6H2,1H3,(H,16,17)(H2,14,15,18). The van der Waals surface area contributed by atoms with Crippen molar-refractivity contribution in [1.29, 1.82) is 0 Å². The van der Waals surface area contributed by atoms with Crippen LogP contribution in [0, 0.1) is 0 Å². The van der Waals surface area contributed by atoms with E-state index < -0.39 is 22.8 Å². The number of carboxylic acids is 1. The van der Waals surface area contributed by atoms with Gasteiger partial charge in [-0.1, -0.05) is 0 Å². The van der Waals surface area contributed by atoms with Gasteiger partial charge in [-0.15, -0.1) is 0 Å². The van der Waals surface area contributed by atoms with Gasteiger partial charge in [0.25, 0.3) is 0 Å². The molecule has 6 nitrogen and oxygen atoms in total. The lowest BCUT2D eigenvalue weighted by atomic mass is 10.2. The number of hydrogen-bond acceptors (Lipinski definition) is 3. The van der Waals surface area contributed by atoms with Crippen LogP contribution in [0.5, 0.6) is 0 Å². The number of urea groups is 1. The van der Waals surface area contributed by atoms with Gasteiger partial charge in [-0.2, -0.15) is 0 Å². The molecular weight excluding hydrogens is 348 g/mol. The molecule has 8 heteroatoms. The van der Waals surface area contributed by atoms with Crippen LogP contribution in [-0.4, -0.2) is 39.9 Å². The van der Waals surface area contributed by atoms with Crippen molar-refractivity contribution in [2.45, 2.75) is 6.42 Å². The summed E-state index contributed by atoms with van der Waals surface area (Å²) in [5.74, 6) is -0.537. The van der Waals surface area contributed by atoms with Crippen LogP contribution >= 0.6 is 15.9 Å². The highest BCUT2D eigenvalue weighted by Gasteiger charge is 2.09. The number of halogens is 1. The van der Waals surface area contributed by atoms with E-state index in [1.165, 1.54) is 12.1 Å². The fraction of sp³-hybridized carbons (Fsp3) is 0.333. The molecule has 1 aromatic rings. The number of carbonyl (C=O) groups is 2. The van der Waals surface area contributed by atoms with Crippen molar-refractivity contribution >= 4 is 44.4 Å². The number of amides is 2. The third-order valence-corrected chi connectivity index (χ3v) is 3.91. The molecule has 0 aliphatic heterocycles. The maximum absolute atomic E-state index is 11.6. The first kappa shape index (κ1) is 16.6. The molecule has 0 radical (unpaired) electrons. The molecule has 1 unspecified atom stereocenters. The molecule has 20 heavy (non-hydrogen) atoms. The van der Waals surface area contributed by atoms with E-state index in [-0.39, 0.29) is 5.56 Å². The zero-order valence-electron chi connectivity index (χ0n) is 10.8. The molecule has 0 aromatic heterocycles. The van der Waals surface area contributed by atoms with Crippen LogP contribution in [0.3, 0.4) is 0 Å². The number of anilines is 1. The lowest BCUT2D eigenvalue weighted by Gasteiger charge is -2.09. The van der Waals surface area contributed by atoms with Gasteiger partial charge >= 0.3 is 12.0 Å². The van der Waals surface area contributed by atoms with E-state index in [2.05, 4.69) is 26.6 Å². The highest BCUT2D eigenvalue weighted by atomic mass is 79.9. The van der Waals surface area contributed by atoms with Gasteiger partial charge in [-0.3, -0.25) is 4.21 Å². The molecular formula is C12H15BrN2O4S. The van der Waals surface area contributed by atoms with E-state index in [0.717, 1.165) is 0 Å². The van der Waals surface area contributed by atoms with Gasteiger partial charge in [0.1, 0.15) is 0 Å². The maximum atomic E-state index is 11.6. The molecule has 0 bridgehead atoms. The third-order valence-electron chi connectivity index (χ3n) is 2.36. The quantitative estimate of drug-likeness (QED) is 0.674. The minimum absolute atomic E-state index is 0.0879. The average Bonchev–Trinajstić information content (AvgIpc) is 2.37. The van der Waals surface area contributed by atoms with E-state index in [0.29, 0.717) is 28.9 Å². The summed E-state index contributed by atoms with van der Waals surface area (Å²) in [6.07, 6.45) is 2.22. The number of carbonyl (C=O) groups excluding carboxylic acids is 1. The highest BCUT2D eigenvalue weighted by molar-refractivity contribution is 9.10. The number of benzene rings is 1. The summed E-state index contributed by atoms with van der Waals surface area (Å²) >= 11 is 3.23. The molecule has 0 aliphatic rings. The van der Waals surface area contributed by atoms with Crippen LogP contribution in [0.15, 0.2) is 22.7 Å². The van der Waals surface area contributed by atoms with Crippen molar-refractivity contribution in [2.75, 3.05) is 23.9 Å². The lowest BCUT2D eigenvalue weighted by molar-refractivity contribution is 0.0697. The Morgan fingerprint density at radius 2 is 2.10 bits per heavy atom. The summed E-state index contributed by atoms with van der Waals surface area (Å²) in [5.41, 5.74) is 0.464. The topological polar surface area (TPSA) is 95.5 Å². The van der Waals surface area contributed by atoms with Crippen molar-refractivity contribution < 1.29 is 18.9 Å². The van der Waals surface area contributed by atoms with Crippen LogP contribution in [-0.2, 0) is 10.8 Å². The Labute approximate surface area is 127 Å². The van der Waals surface area contributed by atoms with Gasteiger partial charge in [-0.05, 0) is 40.5 Å².